The Morgan fingerprint density at radius 2 is 2.06 bits per heavy atom. The first-order chi connectivity index (χ1) is 17.2. The minimum Gasteiger partial charge on any atom is -0.494 e. The van der Waals surface area contributed by atoms with E-state index in [1.54, 1.807) is 12.4 Å². The van der Waals surface area contributed by atoms with Crippen LogP contribution in [0.25, 0.3) is 28.4 Å². The zero-order valence-corrected chi connectivity index (χ0v) is 20.2. The summed E-state index contributed by atoms with van der Waals surface area (Å²) in [6, 6.07) is 10.4. The lowest BCUT2D eigenvalue weighted by Crippen LogP contribution is -2.37. The first kappa shape index (κ1) is 23.2. The first-order valence-electron chi connectivity index (χ1n) is 12.1. The topological polar surface area (TPSA) is 89.7 Å². The molecule has 3 aromatic heterocycles. The zero-order chi connectivity index (χ0) is 24.0. The van der Waals surface area contributed by atoms with E-state index in [4.69, 9.17) is 19.4 Å². The number of nitrogens with one attached hydrogen (secondary N) is 1. The van der Waals surface area contributed by atoms with E-state index < -0.39 is 0 Å². The van der Waals surface area contributed by atoms with Crippen LogP contribution in [-0.2, 0) is 4.74 Å². The number of hydrogen-bond acceptors (Lipinski definition) is 8. The fraction of sp³-hybridized carbons (Fsp3) is 0.385. The second kappa shape index (κ2) is 10.8. The Bertz CT molecular complexity index is 1270. The van der Waals surface area contributed by atoms with E-state index in [-0.39, 0.29) is 0 Å². The Hall–Kier alpha value is -3.56. The highest BCUT2D eigenvalue weighted by Crippen LogP contribution is 2.29. The van der Waals surface area contributed by atoms with Crippen molar-refractivity contribution in [3.05, 3.63) is 55.1 Å². The largest absolute Gasteiger partial charge is 0.494 e. The Balaban J connectivity index is 1.53. The molecule has 9 heteroatoms. The Kier molecular flexibility index (Phi) is 7.15. The highest BCUT2D eigenvalue weighted by molar-refractivity contribution is 5.68. The summed E-state index contributed by atoms with van der Waals surface area (Å²) in [6.45, 7) is 3.11. The maximum absolute atomic E-state index is 5.96. The molecule has 1 saturated heterocycles. The molecule has 0 aliphatic carbocycles. The average Bonchev–Trinajstić information content (AvgIpc) is 3.35. The van der Waals surface area contributed by atoms with Crippen molar-refractivity contribution in [1.82, 2.24) is 29.7 Å². The first-order valence-corrected chi connectivity index (χ1v) is 12.1. The zero-order valence-electron chi connectivity index (χ0n) is 20.2. The number of nitrogens with zero attached hydrogens (tertiary/aromatic N) is 6. The molecule has 1 fully saturated rings. The second-order valence-electron chi connectivity index (χ2n) is 8.67. The molecule has 0 bridgehead atoms. The number of aromatic nitrogens is 5. The molecular weight excluding hydrogens is 442 g/mol. The monoisotopic (exact) mass is 473 g/mol. The van der Waals surface area contributed by atoms with Gasteiger partial charge in [0, 0.05) is 50.3 Å². The lowest BCUT2D eigenvalue weighted by Gasteiger charge is -2.32. The minimum absolute atomic E-state index is 0.368. The van der Waals surface area contributed by atoms with Crippen LogP contribution >= 0.6 is 0 Å². The molecule has 182 valence electrons. The van der Waals surface area contributed by atoms with Gasteiger partial charge in [-0.1, -0.05) is 12.1 Å². The van der Waals surface area contributed by atoms with Gasteiger partial charge in [0.15, 0.2) is 11.5 Å². The van der Waals surface area contributed by atoms with Crippen molar-refractivity contribution in [3.8, 4) is 28.5 Å². The van der Waals surface area contributed by atoms with Crippen LogP contribution in [0.5, 0.6) is 5.75 Å². The molecule has 0 unspecified atom stereocenters. The summed E-state index contributed by atoms with van der Waals surface area (Å²) in [5, 5.41) is 3.14. The van der Waals surface area contributed by atoms with Crippen molar-refractivity contribution in [2.45, 2.75) is 25.3 Å². The Morgan fingerprint density at radius 3 is 2.91 bits per heavy atom. The van der Waals surface area contributed by atoms with Crippen LogP contribution in [0.2, 0.25) is 0 Å². The summed E-state index contributed by atoms with van der Waals surface area (Å²) < 4.78 is 13.5. The number of fused-ring (bicyclic) bond motifs is 1. The summed E-state index contributed by atoms with van der Waals surface area (Å²) in [4.78, 5) is 20.9. The lowest BCUT2D eigenvalue weighted by molar-refractivity contribution is 0.0853. The van der Waals surface area contributed by atoms with E-state index in [1.165, 1.54) is 0 Å². The summed E-state index contributed by atoms with van der Waals surface area (Å²) >= 11 is 0. The number of hydrogen-bond donors (Lipinski definition) is 1. The number of ether oxygens (including phenoxy) is 2. The van der Waals surface area contributed by atoms with Crippen LogP contribution in [0.15, 0.2) is 55.1 Å². The third kappa shape index (κ3) is 5.26. The lowest BCUT2D eigenvalue weighted by atomic mass is 10.1. The van der Waals surface area contributed by atoms with Gasteiger partial charge in [-0.2, -0.15) is 0 Å². The molecule has 9 nitrogen and oxygen atoms in total. The molecular formula is C26H31N7O2. The van der Waals surface area contributed by atoms with Gasteiger partial charge >= 0.3 is 0 Å². The van der Waals surface area contributed by atoms with Crippen molar-refractivity contribution in [1.29, 1.82) is 0 Å². The normalized spacial score (nSPS) is 14.3. The molecule has 0 spiro atoms. The van der Waals surface area contributed by atoms with Crippen LogP contribution < -0.4 is 15.0 Å². The molecule has 0 saturated carbocycles. The van der Waals surface area contributed by atoms with E-state index >= 15 is 0 Å². The Labute approximate surface area is 205 Å². The van der Waals surface area contributed by atoms with Crippen molar-refractivity contribution >= 4 is 11.5 Å². The molecule has 5 rings (SSSR count). The number of rotatable bonds is 9. The van der Waals surface area contributed by atoms with Crippen LogP contribution in [0.3, 0.4) is 0 Å². The molecule has 0 atom stereocenters. The molecule has 35 heavy (non-hydrogen) atoms. The van der Waals surface area contributed by atoms with Gasteiger partial charge in [-0.15, -0.1) is 0 Å². The highest BCUT2D eigenvalue weighted by Gasteiger charge is 2.22. The molecule has 0 amide bonds. The molecule has 1 aromatic carbocycles. The molecule has 4 aromatic rings. The molecule has 1 aliphatic heterocycles. The summed E-state index contributed by atoms with van der Waals surface area (Å²) in [6.07, 6.45) is 10.1. The Morgan fingerprint density at radius 1 is 1.17 bits per heavy atom. The summed E-state index contributed by atoms with van der Waals surface area (Å²) in [5.41, 5.74) is 3.39. The van der Waals surface area contributed by atoms with Gasteiger partial charge in [-0.05, 0) is 45.0 Å². The summed E-state index contributed by atoms with van der Waals surface area (Å²) in [7, 11) is 4.05. The van der Waals surface area contributed by atoms with Gasteiger partial charge in [0.05, 0.1) is 30.4 Å². The molecule has 1 aliphatic rings. The van der Waals surface area contributed by atoms with Crippen LogP contribution in [-0.4, -0.2) is 70.8 Å². The van der Waals surface area contributed by atoms with Crippen molar-refractivity contribution in [2.75, 3.05) is 45.4 Å². The van der Waals surface area contributed by atoms with Gasteiger partial charge in [0.1, 0.15) is 11.6 Å². The highest BCUT2D eigenvalue weighted by atomic mass is 16.5. The van der Waals surface area contributed by atoms with Gasteiger partial charge in [-0.3, -0.25) is 9.38 Å². The van der Waals surface area contributed by atoms with Crippen molar-refractivity contribution in [2.24, 2.45) is 0 Å². The van der Waals surface area contributed by atoms with E-state index in [9.17, 15) is 0 Å². The number of imidazole rings is 1. The van der Waals surface area contributed by atoms with Gasteiger partial charge < -0.3 is 19.7 Å². The fourth-order valence-corrected chi connectivity index (χ4v) is 4.33. The second-order valence-corrected chi connectivity index (χ2v) is 8.67. The van der Waals surface area contributed by atoms with Crippen LogP contribution in [0, 0.1) is 0 Å². The molecule has 0 radical (unpaired) electrons. The van der Waals surface area contributed by atoms with Crippen molar-refractivity contribution < 1.29 is 9.47 Å². The van der Waals surface area contributed by atoms with Gasteiger partial charge in [0.2, 0.25) is 0 Å². The maximum Gasteiger partial charge on any atom is 0.162 e. The SMILES string of the molecule is CNCCCOc1cccc(-c2nc(-c3cnc4cnccn34)cc(N(C)C3CCOCC3)n2)c1. The van der Waals surface area contributed by atoms with Crippen LogP contribution in [0.1, 0.15) is 19.3 Å². The molecule has 1 N–H and O–H groups in total. The van der Waals surface area contributed by atoms with Crippen LogP contribution in [0.4, 0.5) is 5.82 Å². The average molecular weight is 474 g/mol. The van der Waals surface area contributed by atoms with Gasteiger partial charge in [0.25, 0.3) is 0 Å². The number of benzene rings is 1. The third-order valence-corrected chi connectivity index (χ3v) is 6.32. The van der Waals surface area contributed by atoms with Crippen molar-refractivity contribution in [3.63, 3.8) is 0 Å². The third-order valence-electron chi connectivity index (χ3n) is 6.32. The smallest absolute Gasteiger partial charge is 0.162 e. The quantitative estimate of drug-likeness (QED) is 0.370. The number of anilines is 1. The standard InChI is InChI=1S/C26H31N7O2/c1-27-9-4-12-35-21-6-3-5-19(15-21)26-30-22(23-17-29-25-18-28-10-11-33(23)25)16-24(31-26)32(2)20-7-13-34-14-8-20/h3,5-6,10-11,15-18,20,27H,4,7-9,12-14H2,1-2H3. The summed E-state index contributed by atoms with van der Waals surface area (Å²) in [5.74, 6) is 2.34. The predicted octanol–water partition coefficient (Wildman–Crippen LogP) is 3.46. The van der Waals surface area contributed by atoms with E-state index in [1.807, 2.05) is 54.2 Å². The van der Waals surface area contributed by atoms with E-state index in [0.29, 0.717) is 18.5 Å². The molecule has 4 heterocycles. The predicted molar refractivity (Wildman–Crippen MR) is 136 cm³/mol. The fourth-order valence-electron chi connectivity index (χ4n) is 4.33. The van der Waals surface area contributed by atoms with E-state index in [2.05, 4.69) is 27.2 Å². The van der Waals surface area contributed by atoms with E-state index in [0.717, 1.165) is 73.2 Å². The minimum atomic E-state index is 0.368. The maximum atomic E-state index is 5.96. The van der Waals surface area contributed by atoms with Gasteiger partial charge in [-0.25, -0.2) is 15.0 Å².